The van der Waals surface area contributed by atoms with E-state index in [9.17, 15) is 13.2 Å². The zero-order chi connectivity index (χ0) is 21.2. The topological polar surface area (TPSA) is 78.8 Å². The molecule has 1 fully saturated rings. The van der Waals surface area contributed by atoms with Crippen molar-refractivity contribution in [3.05, 3.63) is 45.6 Å². The third kappa shape index (κ3) is 5.12. The lowest BCUT2D eigenvalue weighted by atomic mass is 9.93. The molecule has 1 aliphatic rings. The van der Waals surface area contributed by atoms with Gasteiger partial charge in [0, 0.05) is 22.2 Å². The molecule has 1 aliphatic heterocycles. The molecule has 3 rings (SSSR count). The summed E-state index contributed by atoms with van der Waals surface area (Å²) in [6.45, 7) is 7.39. The molecule has 1 aromatic heterocycles. The third-order valence-corrected chi connectivity index (χ3v) is 7.64. The summed E-state index contributed by atoms with van der Waals surface area (Å²) in [5, 5.41) is 4.73. The number of nitrogens with one attached hydrogen (secondary N) is 1. The van der Waals surface area contributed by atoms with Crippen molar-refractivity contribution >= 4 is 38.7 Å². The number of nitrogens with zero attached hydrogens (tertiary/aromatic N) is 2. The van der Waals surface area contributed by atoms with Crippen LogP contribution in [-0.2, 0) is 10.0 Å². The first-order valence-corrected chi connectivity index (χ1v) is 12.0. The lowest BCUT2D eigenvalue weighted by Crippen LogP contribution is -2.33. The normalized spacial score (nSPS) is 16.8. The Hall–Kier alpha value is -2.03. The van der Waals surface area contributed by atoms with Crippen LogP contribution in [0.15, 0.2) is 38.9 Å². The van der Waals surface area contributed by atoms with Gasteiger partial charge in [-0.3, -0.25) is 4.79 Å². The van der Waals surface area contributed by atoms with Crippen molar-refractivity contribution in [2.75, 3.05) is 25.5 Å². The second kappa shape index (κ2) is 8.77. The van der Waals surface area contributed by atoms with E-state index >= 15 is 0 Å². The van der Waals surface area contributed by atoms with Gasteiger partial charge in [-0.2, -0.15) is 12.8 Å². The van der Waals surface area contributed by atoms with E-state index in [4.69, 9.17) is 0 Å². The first kappa shape index (κ1) is 21.7. The van der Waals surface area contributed by atoms with E-state index in [0.717, 1.165) is 30.8 Å². The molecule has 1 saturated heterocycles. The molecule has 6 nitrogen and oxygen atoms in total. The fraction of sp³-hybridized carbons (Fsp3) is 0.429. The van der Waals surface area contributed by atoms with E-state index in [2.05, 4.69) is 21.7 Å². The maximum absolute atomic E-state index is 12.8. The zero-order valence-electron chi connectivity index (χ0n) is 17.2. The smallest absolute Gasteiger partial charge is 0.282 e. The molecule has 156 valence electrons. The molecular weight excluding hydrogens is 406 g/mol. The van der Waals surface area contributed by atoms with Crippen molar-refractivity contribution < 1.29 is 13.2 Å². The summed E-state index contributed by atoms with van der Waals surface area (Å²) in [7, 11) is -1.71. The SMILES string of the molecule is CC(=NS(=O)(=O)c1ccc(NC(=O)c2ccsc2C)c(C)c1)C1CCN(C)CC1. The van der Waals surface area contributed by atoms with E-state index < -0.39 is 10.0 Å². The number of rotatable bonds is 5. The van der Waals surface area contributed by atoms with Crippen LogP contribution in [0.3, 0.4) is 0 Å². The molecule has 8 heteroatoms. The number of aryl methyl sites for hydroxylation is 2. The zero-order valence-corrected chi connectivity index (χ0v) is 18.9. The van der Waals surface area contributed by atoms with Crippen LogP contribution in [-0.4, -0.2) is 45.1 Å². The highest BCUT2D eigenvalue weighted by Crippen LogP contribution is 2.25. The molecule has 29 heavy (non-hydrogen) atoms. The van der Waals surface area contributed by atoms with E-state index in [0.29, 0.717) is 22.5 Å². The number of anilines is 1. The summed E-state index contributed by atoms with van der Waals surface area (Å²) in [5.41, 5.74) is 2.57. The highest BCUT2D eigenvalue weighted by Gasteiger charge is 2.22. The van der Waals surface area contributed by atoms with Gasteiger partial charge in [0.1, 0.15) is 0 Å². The summed E-state index contributed by atoms with van der Waals surface area (Å²) < 4.78 is 29.7. The third-order valence-electron chi connectivity index (χ3n) is 5.42. The monoisotopic (exact) mass is 433 g/mol. The average Bonchev–Trinajstić information content (AvgIpc) is 3.09. The van der Waals surface area contributed by atoms with Crippen molar-refractivity contribution in [1.82, 2.24) is 4.90 Å². The first-order chi connectivity index (χ1) is 13.7. The minimum Gasteiger partial charge on any atom is -0.322 e. The second-order valence-corrected chi connectivity index (χ2v) is 10.3. The van der Waals surface area contributed by atoms with Gasteiger partial charge in [-0.15, -0.1) is 11.3 Å². The van der Waals surface area contributed by atoms with E-state index in [1.165, 1.54) is 17.4 Å². The van der Waals surface area contributed by atoms with Crippen molar-refractivity contribution in [3.8, 4) is 0 Å². The first-order valence-electron chi connectivity index (χ1n) is 9.63. The number of carbonyl (C=O) groups is 1. The van der Waals surface area contributed by atoms with Crippen LogP contribution in [0.5, 0.6) is 0 Å². The van der Waals surface area contributed by atoms with Crippen LogP contribution in [0.1, 0.15) is 40.6 Å². The highest BCUT2D eigenvalue weighted by atomic mass is 32.2. The van der Waals surface area contributed by atoms with Crippen LogP contribution in [0.2, 0.25) is 0 Å². The Balaban J connectivity index is 1.77. The van der Waals surface area contributed by atoms with E-state index in [-0.39, 0.29) is 16.7 Å². The number of hydrogen-bond acceptors (Lipinski definition) is 5. The molecule has 0 atom stereocenters. The van der Waals surface area contributed by atoms with Gasteiger partial charge in [-0.25, -0.2) is 0 Å². The summed E-state index contributed by atoms with van der Waals surface area (Å²) >= 11 is 1.51. The van der Waals surface area contributed by atoms with Crippen LogP contribution < -0.4 is 5.32 Å². The van der Waals surface area contributed by atoms with Crippen LogP contribution >= 0.6 is 11.3 Å². The lowest BCUT2D eigenvalue weighted by molar-refractivity contribution is 0.102. The van der Waals surface area contributed by atoms with Gasteiger partial charge in [0.2, 0.25) is 0 Å². The number of piperidine rings is 1. The Kier molecular flexibility index (Phi) is 6.55. The maximum atomic E-state index is 12.8. The van der Waals surface area contributed by atoms with Crippen LogP contribution in [0, 0.1) is 19.8 Å². The number of sulfonamides is 1. The molecule has 0 spiro atoms. The molecule has 2 heterocycles. The van der Waals surface area contributed by atoms with Gasteiger partial charge < -0.3 is 10.2 Å². The molecule has 2 aromatic rings. The fourth-order valence-corrected chi connectivity index (χ4v) is 5.39. The lowest BCUT2D eigenvalue weighted by Gasteiger charge is -2.28. The molecule has 1 amide bonds. The van der Waals surface area contributed by atoms with Gasteiger partial charge >= 0.3 is 0 Å². The number of likely N-dealkylation sites (tertiary alicyclic amines) is 1. The molecule has 0 saturated carbocycles. The van der Waals surface area contributed by atoms with Crippen molar-refractivity contribution in [1.29, 1.82) is 0 Å². The van der Waals surface area contributed by atoms with Gasteiger partial charge in [0.05, 0.1) is 10.5 Å². The largest absolute Gasteiger partial charge is 0.322 e. The van der Waals surface area contributed by atoms with Crippen molar-refractivity contribution in [2.45, 2.75) is 38.5 Å². The summed E-state index contributed by atoms with van der Waals surface area (Å²) in [6, 6.07) is 6.48. The number of carbonyl (C=O) groups excluding carboxylic acids is 1. The summed E-state index contributed by atoms with van der Waals surface area (Å²) in [4.78, 5) is 15.8. The number of thiophene rings is 1. The molecule has 0 aliphatic carbocycles. The number of benzene rings is 1. The molecule has 0 bridgehead atoms. The summed E-state index contributed by atoms with van der Waals surface area (Å²) in [6.07, 6.45) is 1.85. The van der Waals surface area contributed by atoms with Crippen LogP contribution in [0.4, 0.5) is 5.69 Å². The van der Waals surface area contributed by atoms with Crippen molar-refractivity contribution in [2.24, 2.45) is 10.3 Å². The highest BCUT2D eigenvalue weighted by molar-refractivity contribution is 7.90. The number of hydrogen-bond donors (Lipinski definition) is 1. The van der Waals surface area contributed by atoms with E-state index in [1.807, 2.05) is 12.3 Å². The van der Waals surface area contributed by atoms with Crippen LogP contribution in [0.25, 0.3) is 0 Å². The maximum Gasteiger partial charge on any atom is 0.282 e. The Morgan fingerprint density at radius 1 is 1.21 bits per heavy atom. The quantitative estimate of drug-likeness (QED) is 0.720. The van der Waals surface area contributed by atoms with Gasteiger partial charge in [-0.05, 0) is 89.0 Å². The predicted octanol–water partition coefficient (Wildman–Crippen LogP) is 4.11. The standard InChI is InChI=1S/C21H27N3O3S2/c1-14-13-18(5-6-20(14)22-21(25)19-9-12-28-16(19)3)29(26,27)23-15(2)17-7-10-24(4)11-8-17/h5-6,9,12-13,17H,7-8,10-11H2,1-4H3,(H,22,25). The minimum atomic E-state index is -3.78. The Morgan fingerprint density at radius 2 is 1.90 bits per heavy atom. The Morgan fingerprint density at radius 3 is 2.48 bits per heavy atom. The van der Waals surface area contributed by atoms with Gasteiger partial charge in [0.25, 0.3) is 15.9 Å². The van der Waals surface area contributed by atoms with Gasteiger partial charge in [-0.1, -0.05) is 0 Å². The average molecular weight is 434 g/mol. The Bertz CT molecular complexity index is 1030. The Labute approximate surface area is 176 Å². The van der Waals surface area contributed by atoms with E-state index in [1.54, 1.807) is 32.0 Å². The molecule has 1 aromatic carbocycles. The predicted molar refractivity (Wildman–Crippen MR) is 119 cm³/mol. The van der Waals surface area contributed by atoms with Gasteiger partial charge in [0.15, 0.2) is 0 Å². The minimum absolute atomic E-state index is 0.145. The number of amides is 1. The molecule has 0 radical (unpaired) electrons. The molecule has 0 unspecified atom stereocenters. The summed E-state index contributed by atoms with van der Waals surface area (Å²) in [5.74, 6) is 0.00747. The fourth-order valence-electron chi connectivity index (χ4n) is 3.49. The molecule has 1 N–H and O–H groups in total. The van der Waals surface area contributed by atoms with Crippen molar-refractivity contribution in [3.63, 3.8) is 0 Å². The molecular formula is C21H27N3O3S2. The second-order valence-electron chi connectivity index (χ2n) is 7.61.